The van der Waals surface area contributed by atoms with Gasteiger partial charge >= 0.3 is 0 Å². The molecule has 0 spiro atoms. The van der Waals surface area contributed by atoms with Crippen LogP contribution in [0.5, 0.6) is 0 Å². The largest absolute Gasteiger partial charge is 0.398 e. The lowest BCUT2D eigenvalue weighted by molar-refractivity contribution is 0.0620. The van der Waals surface area contributed by atoms with E-state index in [-0.39, 0.29) is 24.0 Å². The minimum Gasteiger partial charge on any atom is -0.398 e. The fraction of sp³-hybridized carbons (Fsp3) is 0.500. The Morgan fingerprint density at radius 2 is 2.32 bits per heavy atom. The molecule has 1 fully saturated rings. The zero-order chi connectivity index (χ0) is 14.0. The number of halogens is 1. The number of amides is 1. The van der Waals surface area contributed by atoms with Crippen molar-refractivity contribution in [3.05, 3.63) is 29.1 Å². The minimum atomic E-state index is -0.459. The Balaban J connectivity index is 2.19. The van der Waals surface area contributed by atoms with Crippen LogP contribution < -0.4 is 5.73 Å². The Morgan fingerprint density at radius 3 is 2.95 bits per heavy atom. The van der Waals surface area contributed by atoms with E-state index in [4.69, 9.17) is 10.8 Å². The molecular formula is C14H19FN2O2. The molecule has 4 nitrogen and oxygen atoms in total. The summed E-state index contributed by atoms with van der Waals surface area (Å²) in [6.07, 6.45) is 1.78. The zero-order valence-corrected chi connectivity index (χ0v) is 11.0. The van der Waals surface area contributed by atoms with Crippen molar-refractivity contribution in [2.24, 2.45) is 5.92 Å². The van der Waals surface area contributed by atoms with E-state index in [0.717, 1.165) is 12.8 Å². The maximum atomic E-state index is 13.6. The van der Waals surface area contributed by atoms with Crippen LogP contribution in [-0.4, -0.2) is 35.6 Å². The van der Waals surface area contributed by atoms with Gasteiger partial charge in [0.15, 0.2) is 0 Å². The third-order valence-electron chi connectivity index (χ3n) is 3.70. The summed E-state index contributed by atoms with van der Waals surface area (Å²) in [5, 5.41) is 9.17. The first-order valence-electron chi connectivity index (χ1n) is 6.48. The molecular weight excluding hydrogens is 247 g/mol. The van der Waals surface area contributed by atoms with E-state index in [1.54, 1.807) is 11.8 Å². The van der Waals surface area contributed by atoms with E-state index in [1.165, 1.54) is 12.1 Å². The maximum Gasteiger partial charge on any atom is 0.254 e. The Morgan fingerprint density at radius 1 is 1.58 bits per heavy atom. The summed E-state index contributed by atoms with van der Waals surface area (Å²) < 4.78 is 13.6. The number of nitrogen functional groups attached to an aromatic ring is 1. The third kappa shape index (κ3) is 2.87. The Bertz CT molecular complexity index is 467. The number of aliphatic hydroxyl groups is 1. The van der Waals surface area contributed by atoms with E-state index in [9.17, 15) is 9.18 Å². The summed E-state index contributed by atoms with van der Waals surface area (Å²) >= 11 is 0. The van der Waals surface area contributed by atoms with E-state index in [0.29, 0.717) is 24.3 Å². The number of hydrogen-bond donors (Lipinski definition) is 2. The molecule has 19 heavy (non-hydrogen) atoms. The second-order valence-electron chi connectivity index (χ2n) is 5.11. The van der Waals surface area contributed by atoms with Crippen LogP contribution >= 0.6 is 0 Å². The predicted octanol–water partition coefficient (Wildman–Crippen LogP) is 1.56. The van der Waals surface area contributed by atoms with Gasteiger partial charge in [-0.25, -0.2) is 4.39 Å². The molecule has 0 saturated carbocycles. The van der Waals surface area contributed by atoms with Crippen molar-refractivity contribution in [3.63, 3.8) is 0 Å². The first-order valence-corrected chi connectivity index (χ1v) is 6.48. The van der Waals surface area contributed by atoms with Crippen LogP contribution in [0.2, 0.25) is 0 Å². The van der Waals surface area contributed by atoms with E-state index < -0.39 is 5.82 Å². The van der Waals surface area contributed by atoms with E-state index in [1.807, 2.05) is 0 Å². The molecule has 1 unspecified atom stereocenters. The molecule has 1 aliphatic rings. The molecule has 104 valence electrons. The molecule has 0 radical (unpaired) electrons. The molecule has 0 bridgehead atoms. The molecule has 1 heterocycles. The van der Waals surface area contributed by atoms with Gasteiger partial charge in [-0.15, -0.1) is 0 Å². The lowest BCUT2D eigenvalue weighted by atomic mass is 9.98. The molecule has 5 heteroatoms. The van der Waals surface area contributed by atoms with Crippen molar-refractivity contribution < 1.29 is 14.3 Å². The third-order valence-corrected chi connectivity index (χ3v) is 3.70. The van der Waals surface area contributed by atoms with Gasteiger partial charge in [-0.3, -0.25) is 4.79 Å². The molecule has 1 aliphatic heterocycles. The number of rotatable bonds is 2. The van der Waals surface area contributed by atoms with Crippen molar-refractivity contribution in [2.75, 3.05) is 25.4 Å². The van der Waals surface area contributed by atoms with Crippen LogP contribution in [0.4, 0.5) is 10.1 Å². The van der Waals surface area contributed by atoms with Gasteiger partial charge < -0.3 is 15.7 Å². The van der Waals surface area contributed by atoms with Crippen molar-refractivity contribution in [1.82, 2.24) is 4.90 Å². The van der Waals surface area contributed by atoms with Crippen LogP contribution in [-0.2, 0) is 0 Å². The lowest BCUT2D eigenvalue weighted by Crippen LogP contribution is -2.41. The summed E-state index contributed by atoms with van der Waals surface area (Å²) in [5.74, 6) is -0.562. The Labute approximate surface area is 112 Å². The number of piperidine rings is 1. The van der Waals surface area contributed by atoms with Crippen molar-refractivity contribution in [2.45, 2.75) is 19.8 Å². The van der Waals surface area contributed by atoms with E-state index >= 15 is 0 Å². The average molecular weight is 266 g/mol. The number of carbonyl (C=O) groups is 1. The SMILES string of the molecule is Cc1c(N)cc(C(=O)N2CCCC(CO)C2)cc1F. The Kier molecular flexibility index (Phi) is 4.04. The number of benzene rings is 1. The number of hydrogen-bond acceptors (Lipinski definition) is 3. The molecule has 1 aromatic rings. The predicted molar refractivity (Wildman–Crippen MR) is 71.3 cm³/mol. The average Bonchev–Trinajstić information content (AvgIpc) is 2.43. The molecule has 1 atom stereocenters. The fourth-order valence-electron chi connectivity index (χ4n) is 2.40. The smallest absolute Gasteiger partial charge is 0.254 e. The monoisotopic (exact) mass is 266 g/mol. The van der Waals surface area contributed by atoms with Gasteiger partial charge in [0.1, 0.15) is 5.82 Å². The Hall–Kier alpha value is -1.62. The molecule has 3 N–H and O–H groups in total. The number of aliphatic hydroxyl groups excluding tert-OH is 1. The van der Waals surface area contributed by atoms with Gasteiger partial charge in [0.25, 0.3) is 5.91 Å². The van der Waals surface area contributed by atoms with E-state index in [2.05, 4.69) is 0 Å². The highest BCUT2D eigenvalue weighted by atomic mass is 19.1. The molecule has 1 amide bonds. The summed E-state index contributed by atoms with van der Waals surface area (Å²) in [6.45, 7) is 2.82. The summed E-state index contributed by atoms with van der Waals surface area (Å²) in [4.78, 5) is 14.0. The van der Waals surface area contributed by atoms with Crippen LogP contribution in [0, 0.1) is 18.7 Å². The minimum absolute atomic E-state index is 0.0776. The van der Waals surface area contributed by atoms with Gasteiger partial charge in [-0.2, -0.15) is 0 Å². The molecule has 1 aromatic carbocycles. The standard InChI is InChI=1S/C14H19FN2O2/c1-9-12(15)5-11(6-13(9)16)14(19)17-4-2-3-10(7-17)8-18/h5-6,10,18H,2-4,7-8,16H2,1H3. The summed E-state index contributed by atoms with van der Waals surface area (Å²) in [6, 6.07) is 2.75. The van der Waals surface area contributed by atoms with Crippen LogP contribution in [0.1, 0.15) is 28.8 Å². The quantitative estimate of drug-likeness (QED) is 0.798. The normalized spacial score (nSPS) is 19.5. The van der Waals surface area contributed by atoms with Gasteiger partial charge in [0, 0.05) is 36.5 Å². The summed E-state index contributed by atoms with van der Waals surface area (Å²) in [7, 11) is 0. The zero-order valence-electron chi connectivity index (χ0n) is 11.0. The lowest BCUT2D eigenvalue weighted by Gasteiger charge is -2.32. The maximum absolute atomic E-state index is 13.6. The number of carbonyl (C=O) groups excluding carboxylic acids is 1. The van der Waals surface area contributed by atoms with Crippen LogP contribution in [0.25, 0.3) is 0 Å². The van der Waals surface area contributed by atoms with Crippen molar-refractivity contribution in [1.29, 1.82) is 0 Å². The molecule has 0 aliphatic carbocycles. The number of nitrogens with zero attached hydrogens (tertiary/aromatic N) is 1. The first-order chi connectivity index (χ1) is 9.02. The van der Waals surface area contributed by atoms with Gasteiger partial charge in [0.2, 0.25) is 0 Å². The summed E-state index contributed by atoms with van der Waals surface area (Å²) in [5.41, 5.74) is 6.62. The second-order valence-corrected chi connectivity index (χ2v) is 5.11. The van der Waals surface area contributed by atoms with Gasteiger partial charge in [-0.05, 0) is 37.8 Å². The van der Waals surface area contributed by atoms with Crippen molar-refractivity contribution >= 4 is 11.6 Å². The first kappa shape index (κ1) is 13.8. The van der Waals surface area contributed by atoms with Gasteiger partial charge in [0.05, 0.1) is 0 Å². The van der Waals surface area contributed by atoms with Crippen LogP contribution in [0.15, 0.2) is 12.1 Å². The fourth-order valence-corrected chi connectivity index (χ4v) is 2.40. The van der Waals surface area contributed by atoms with Crippen LogP contribution in [0.3, 0.4) is 0 Å². The number of nitrogens with two attached hydrogens (primary N) is 1. The topological polar surface area (TPSA) is 66.6 Å². The highest BCUT2D eigenvalue weighted by Crippen LogP contribution is 2.22. The number of likely N-dealkylation sites (tertiary alicyclic amines) is 1. The highest BCUT2D eigenvalue weighted by Gasteiger charge is 2.24. The second kappa shape index (κ2) is 5.57. The molecule has 1 saturated heterocycles. The molecule has 0 aromatic heterocycles. The van der Waals surface area contributed by atoms with Crippen molar-refractivity contribution in [3.8, 4) is 0 Å². The number of anilines is 1. The van der Waals surface area contributed by atoms with Gasteiger partial charge in [-0.1, -0.05) is 0 Å². The highest BCUT2D eigenvalue weighted by molar-refractivity contribution is 5.95. The molecule has 2 rings (SSSR count).